The quantitative estimate of drug-likeness (QED) is 0.449. The second kappa shape index (κ2) is 8.36. The van der Waals surface area contributed by atoms with Crippen molar-refractivity contribution in [3.8, 4) is 0 Å². The van der Waals surface area contributed by atoms with Crippen LogP contribution in [0.2, 0.25) is 0 Å². The van der Waals surface area contributed by atoms with Crippen molar-refractivity contribution in [3.05, 3.63) is 65.4 Å². The highest BCUT2D eigenvalue weighted by molar-refractivity contribution is 6.00. The van der Waals surface area contributed by atoms with E-state index in [-0.39, 0.29) is 41.9 Å². The SMILES string of the molecule is O=C1NC(Cc2c[nH]c3cc([C@]45C[C@H]6C(=O)N7CCCC7C(=O)N6[C@H]4Nc4ccccc45)ccc23)C(=O)N2CCCC12. The van der Waals surface area contributed by atoms with E-state index >= 15 is 0 Å². The number of aromatic nitrogens is 1. The Balaban J connectivity index is 1.10. The molecule has 3 N–H and O–H groups in total. The van der Waals surface area contributed by atoms with Gasteiger partial charge in [-0.25, -0.2) is 0 Å². The maximum atomic E-state index is 13.8. The van der Waals surface area contributed by atoms with Crippen LogP contribution in [-0.2, 0) is 31.0 Å². The van der Waals surface area contributed by atoms with Crippen LogP contribution in [0.3, 0.4) is 0 Å². The Kier molecular flexibility index (Phi) is 4.83. The van der Waals surface area contributed by atoms with Gasteiger partial charge < -0.3 is 30.3 Å². The lowest BCUT2D eigenvalue weighted by atomic mass is 9.72. The molecule has 2 aromatic carbocycles. The number of carbonyl (C=O) groups excluding carboxylic acids is 4. The number of hydrogen-bond donors (Lipinski definition) is 3. The molecule has 10 heteroatoms. The van der Waals surface area contributed by atoms with E-state index in [4.69, 9.17) is 0 Å². The van der Waals surface area contributed by atoms with Crippen LogP contribution in [0.25, 0.3) is 10.9 Å². The molecule has 42 heavy (non-hydrogen) atoms. The zero-order valence-corrected chi connectivity index (χ0v) is 23.1. The van der Waals surface area contributed by atoms with E-state index in [1.54, 1.807) is 9.80 Å². The lowest BCUT2D eigenvalue weighted by molar-refractivity contribution is -0.158. The number of carbonyl (C=O) groups is 4. The molecule has 6 aliphatic rings. The predicted molar refractivity (Wildman–Crippen MR) is 153 cm³/mol. The zero-order valence-electron chi connectivity index (χ0n) is 23.1. The van der Waals surface area contributed by atoms with E-state index in [2.05, 4.69) is 39.9 Å². The van der Waals surface area contributed by atoms with Crippen LogP contribution >= 0.6 is 0 Å². The first-order chi connectivity index (χ1) is 20.5. The van der Waals surface area contributed by atoms with Crippen molar-refractivity contribution in [2.75, 3.05) is 18.4 Å². The van der Waals surface area contributed by atoms with Crippen molar-refractivity contribution in [1.82, 2.24) is 25.0 Å². The third-order valence-electron chi connectivity index (χ3n) is 10.8. The minimum Gasteiger partial charge on any atom is -0.364 e. The smallest absolute Gasteiger partial charge is 0.247 e. The summed E-state index contributed by atoms with van der Waals surface area (Å²) in [5.41, 5.74) is 4.46. The predicted octanol–water partition coefficient (Wildman–Crippen LogP) is 1.84. The van der Waals surface area contributed by atoms with Crippen LogP contribution in [0.4, 0.5) is 5.69 Å². The van der Waals surface area contributed by atoms with Crippen LogP contribution < -0.4 is 10.6 Å². The fraction of sp³-hybridized carbons (Fsp3) is 0.438. The molecule has 0 bridgehead atoms. The summed E-state index contributed by atoms with van der Waals surface area (Å²) in [6.45, 7) is 1.30. The Labute approximate surface area is 242 Å². The van der Waals surface area contributed by atoms with Gasteiger partial charge in [-0.15, -0.1) is 0 Å². The molecule has 5 saturated heterocycles. The van der Waals surface area contributed by atoms with Gasteiger partial charge in [0.1, 0.15) is 30.3 Å². The van der Waals surface area contributed by atoms with Crippen molar-refractivity contribution in [1.29, 1.82) is 0 Å². The first kappa shape index (κ1) is 24.3. The third kappa shape index (κ3) is 2.99. The molecule has 6 atom stereocenters. The summed E-state index contributed by atoms with van der Waals surface area (Å²) in [7, 11) is 0. The standard InChI is InChI=1S/C32H32N6O4/c39-27-24-7-3-11-36(24)28(40)23(34-27)13-17-16-33-22-14-18(9-10-19(17)22)32-15-26-29(41)37-12-4-8-25(37)30(42)38(26)31(32)35-21-6-2-1-5-20(21)32/h1-2,5-6,9-10,14,16,23-26,31,33,35H,3-4,7-8,11-13,15H2,(H,34,39)/t23?,24?,25?,26-,31+,32-/m0/s1. The number of anilines is 1. The largest absolute Gasteiger partial charge is 0.364 e. The molecule has 0 saturated carbocycles. The van der Waals surface area contributed by atoms with Crippen LogP contribution in [0.1, 0.15) is 48.8 Å². The van der Waals surface area contributed by atoms with Crippen molar-refractivity contribution in [3.63, 3.8) is 0 Å². The van der Waals surface area contributed by atoms with Gasteiger partial charge in [-0.2, -0.15) is 0 Å². The Hall–Kier alpha value is -4.34. The van der Waals surface area contributed by atoms with Gasteiger partial charge in [-0.05, 0) is 60.9 Å². The number of H-pyrrole nitrogens is 1. The van der Waals surface area contributed by atoms with E-state index < -0.39 is 17.5 Å². The van der Waals surface area contributed by atoms with Crippen molar-refractivity contribution in [2.24, 2.45) is 0 Å². The minimum atomic E-state index is -0.579. The van der Waals surface area contributed by atoms with Crippen LogP contribution in [0.15, 0.2) is 48.7 Å². The monoisotopic (exact) mass is 564 g/mol. The number of amides is 4. The van der Waals surface area contributed by atoms with Crippen molar-refractivity contribution in [2.45, 2.75) is 74.3 Å². The number of fused-ring (bicyclic) bond motifs is 8. The molecule has 5 fully saturated rings. The number of benzene rings is 2. The number of para-hydroxylation sites is 1. The van der Waals surface area contributed by atoms with Gasteiger partial charge in [0.25, 0.3) is 0 Å². The maximum Gasteiger partial charge on any atom is 0.247 e. The molecule has 214 valence electrons. The molecule has 0 radical (unpaired) electrons. The Morgan fingerprint density at radius 1 is 0.833 bits per heavy atom. The number of rotatable bonds is 3. The normalized spacial score (nSPS) is 33.0. The topological polar surface area (TPSA) is 118 Å². The first-order valence-corrected chi connectivity index (χ1v) is 15.2. The summed E-state index contributed by atoms with van der Waals surface area (Å²) >= 11 is 0. The summed E-state index contributed by atoms with van der Waals surface area (Å²) in [6, 6.07) is 12.8. The number of aromatic amines is 1. The number of piperazine rings is 2. The molecule has 9 rings (SSSR count). The fourth-order valence-corrected chi connectivity index (χ4v) is 8.92. The van der Waals surface area contributed by atoms with E-state index in [1.165, 1.54) is 0 Å². The molecule has 3 unspecified atom stereocenters. The summed E-state index contributed by atoms with van der Waals surface area (Å²) in [6.07, 6.45) is 5.70. The van der Waals surface area contributed by atoms with Gasteiger partial charge in [0.05, 0.1) is 5.41 Å². The number of nitrogens with zero attached hydrogens (tertiary/aromatic N) is 3. The average molecular weight is 565 g/mol. The number of hydrogen-bond acceptors (Lipinski definition) is 5. The summed E-state index contributed by atoms with van der Waals surface area (Å²) in [5.74, 6) is 0.0507. The molecular formula is C32H32N6O4. The highest BCUT2D eigenvalue weighted by Crippen LogP contribution is 2.56. The summed E-state index contributed by atoms with van der Waals surface area (Å²) in [5, 5.41) is 7.61. The lowest BCUT2D eigenvalue weighted by Gasteiger charge is -2.41. The van der Waals surface area contributed by atoms with E-state index in [1.807, 2.05) is 29.3 Å². The van der Waals surface area contributed by atoms with Crippen molar-refractivity contribution >= 4 is 40.2 Å². The lowest BCUT2D eigenvalue weighted by Crippen LogP contribution is -2.63. The molecule has 0 aliphatic carbocycles. The summed E-state index contributed by atoms with van der Waals surface area (Å²) < 4.78 is 0. The van der Waals surface area contributed by atoms with Gasteiger partial charge in [-0.1, -0.05) is 30.3 Å². The van der Waals surface area contributed by atoms with E-state index in [0.717, 1.165) is 59.0 Å². The fourth-order valence-electron chi connectivity index (χ4n) is 8.92. The first-order valence-electron chi connectivity index (χ1n) is 15.2. The van der Waals surface area contributed by atoms with E-state index in [0.29, 0.717) is 25.9 Å². The van der Waals surface area contributed by atoms with Crippen LogP contribution in [-0.4, -0.2) is 86.7 Å². The Morgan fingerprint density at radius 3 is 2.48 bits per heavy atom. The van der Waals surface area contributed by atoms with Crippen molar-refractivity contribution < 1.29 is 19.2 Å². The van der Waals surface area contributed by atoms with Gasteiger partial charge in [0.2, 0.25) is 23.6 Å². The molecule has 1 aromatic heterocycles. The highest BCUT2D eigenvalue weighted by Gasteiger charge is 2.65. The number of nitrogens with one attached hydrogen (secondary N) is 3. The molecule has 0 spiro atoms. The van der Waals surface area contributed by atoms with Gasteiger partial charge in [-0.3, -0.25) is 19.2 Å². The maximum absolute atomic E-state index is 13.8. The summed E-state index contributed by atoms with van der Waals surface area (Å²) in [4.78, 5) is 62.2. The molecule has 3 aromatic rings. The van der Waals surface area contributed by atoms with Crippen LogP contribution in [0, 0.1) is 0 Å². The Morgan fingerprint density at radius 2 is 1.62 bits per heavy atom. The Bertz CT molecular complexity index is 1720. The average Bonchev–Trinajstić information content (AvgIpc) is 3.82. The van der Waals surface area contributed by atoms with E-state index in [9.17, 15) is 19.2 Å². The van der Waals surface area contributed by atoms with Gasteiger partial charge >= 0.3 is 0 Å². The highest BCUT2D eigenvalue weighted by atomic mass is 16.2. The molecule has 7 heterocycles. The molecular weight excluding hydrogens is 532 g/mol. The molecule has 10 nitrogen and oxygen atoms in total. The molecule has 6 aliphatic heterocycles. The van der Waals surface area contributed by atoms with Gasteiger partial charge in [0, 0.05) is 42.3 Å². The van der Waals surface area contributed by atoms with Gasteiger partial charge in [0.15, 0.2) is 0 Å². The minimum absolute atomic E-state index is 0.00381. The molecule has 4 amide bonds. The van der Waals surface area contributed by atoms with Crippen LogP contribution in [0.5, 0.6) is 0 Å². The zero-order chi connectivity index (χ0) is 28.3. The third-order valence-corrected chi connectivity index (χ3v) is 10.8. The second-order valence-electron chi connectivity index (χ2n) is 12.7. The second-order valence-corrected chi connectivity index (χ2v) is 12.7.